The van der Waals surface area contributed by atoms with Crippen LogP contribution in [0.4, 0.5) is 0 Å². The first-order chi connectivity index (χ1) is 19.3. The molecule has 3 aromatic heterocycles. The molecule has 0 spiro atoms. The molecule has 184 valence electrons. The quantitative estimate of drug-likeness (QED) is 0.241. The third-order valence-corrected chi connectivity index (χ3v) is 6.70. The monoisotopic (exact) mass is 501 g/mol. The molecule has 7 aromatic rings. The fourth-order valence-corrected chi connectivity index (χ4v) is 4.68. The van der Waals surface area contributed by atoms with Crippen molar-refractivity contribution in [1.82, 2.24) is 24.3 Å². The van der Waals surface area contributed by atoms with Crippen molar-refractivity contribution in [1.29, 1.82) is 0 Å². The molecule has 0 saturated carbocycles. The fourth-order valence-electron chi connectivity index (χ4n) is 4.68. The van der Waals surface area contributed by atoms with Crippen LogP contribution < -0.4 is 0 Å². The van der Waals surface area contributed by atoms with E-state index in [2.05, 4.69) is 36.4 Å². The maximum absolute atomic E-state index is 4.93. The van der Waals surface area contributed by atoms with Gasteiger partial charge < -0.3 is 4.40 Å². The summed E-state index contributed by atoms with van der Waals surface area (Å²) in [4.78, 5) is 19.4. The predicted octanol–water partition coefficient (Wildman–Crippen LogP) is 7.85. The molecule has 3 heterocycles. The van der Waals surface area contributed by atoms with Crippen molar-refractivity contribution < 1.29 is 0 Å². The number of benzene rings is 4. The first kappa shape index (κ1) is 22.8. The Kier molecular flexibility index (Phi) is 5.72. The molecule has 0 atom stereocenters. The van der Waals surface area contributed by atoms with Gasteiger partial charge in [0.1, 0.15) is 5.65 Å². The minimum Gasteiger partial charge on any atom is -0.306 e. The number of hydrogen-bond donors (Lipinski definition) is 0. The van der Waals surface area contributed by atoms with Crippen molar-refractivity contribution in [3.05, 3.63) is 140 Å². The molecule has 39 heavy (non-hydrogen) atoms. The van der Waals surface area contributed by atoms with Crippen LogP contribution in [0.3, 0.4) is 0 Å². The number of aromatic nitrogens is 5. The van der Waals surface area contributed by atoms with Gasteiger partial charge in [-0.1, -0.05) is 109 Å². The third kappa shape index (κ3) is 4.58. The molecule has 4 aromatic carbocycles. The zero-order valence-electron chi connectivity index (χ0n) is 21.0. The van der Waals surface area contributed by atoms with Gasteiger partial charge in [0.2, 0.25) is 0 Å². The van der Waals surface area contributed by atoms with E-state index in [0.717, 1.165) is 44.7 Å². The van der Waals surface area contributed by atoms with Gasteiger partial charge in [-0.3, -0.25) is 0 Å². The molecule has 0 N–H and O–H groups in total. The van der Waals surface area contributed by atoms with Crippen LogP contribution in [0.1, 0.15) is 0 Å². The number of pyridine rings is 1. The number of imidazole rings is 1. The van der Waals surface area contributed by atoms with Gasteiger partial charge in [-0.15, -0.1) is 0 Å². The molecule has 0 saturated heterocycles. The van der Waals surface area contributed by atoms with E-state index < -0.39 is 0 Å². The minimum atomic E-state index is 0.630. The van der Waals surface area contributed by atoms with Gasteiger partial charge in [-0.05, 0) is 29.3 Å². The molecule has 0 aliphatic heterocycles. The summed E-state index contributed by atoms with van der Waals surface area (Å²) in [6.45, 7) is 0. The highest BCUT2D eigenvalue weighted by Gasteiger charge is 2.13. The zero-order valence-corrected chi connectivity index (χ0v) is 21.0. The summed E-state index contributed by atoms with van der Waals surface area (Å²) >= 11 is 0. The molecule has 0 aliphatic rings. The van der Waals surface area contributed by atoms with E-state index in [4.69, 9.17) is 19.9 Å². The first-order valence-electron chi connectivity index (χ1n) is 12.8. The van der Waals surface area contributed by atoms with Crippen LogP contribution in [-0.4, -0.2) is 24.3 Å². The van der Waals surface area contributed by atoms with Gasteiger partial charge in [-0.25, -0.2) is 19.9 Å². The van der Waals surface area contributed by atoms with Crippen LogP contribution >= 0.6 is 0 Å². The second-order valence-corrected chi connectivity index (χ2v) is 9.29. The summed E-state index contributed by atoms with van der Waals surface area (Å²) in [5.41, 5.74) is 7.96. The zero-order chi connectivity index (χ0) is 26.0. The van der Waals surface area contributed by atoms with E-state index in [1.54, 1.807) is 0 Å². The molecule has 0 radical (unpaired) electrons. The largest absolute Gasteiger partial charge is 0.306 e. The van der Waals surface area contributed by atoms with Crippen LogP contribution in [0.25, 0.3) is 62.2 Å². The number of nitrogens with zero attached hydrogens (tertiary/aromatic N) is 5. The Hall–Kier alpha value is -5.42. The maximum Gasteiger partial charge on any atom is 0.164 e. The van der Waals surface area contributed by atoms with E-state index in [0.29, 0.717) is 17.5 Å². The molecule has 0 amide bonds. The average Bonchev–Trinajstić information content (AvgIpc) is 3.46. The van der Waals surface area contributed by atoms with Crippen LogP contribution in [0, 0.1) is 0 Å². The van der Waals surface area contributed by atoms with Gasteiger partial charge in [0, 0.05) is 34.6 Å². The Morgan fingerprint density at radius 2 is 0.923 bits per heavy atom. The maximum atomic E-state index is 4.93. The van der Waals surface area contributed by atoms with Crippen LogP contribution in [-0.2, 0) is 0 Å². The fraction of sp³-hybridized carbons (Fsp3) is 0. The summed E-state index contributed by atoms with van der Waals surface area (Å²) in [6.07, 6.45) is 4.04. The van der Waals surface area contributed by atoms with E-state index in [1.165, 1.54) is 0 Å². The SMILES string of the molecule is c1ccc(-c2cccc(-c3nc(-c4ccccc4)nc(-c4ccc(-c5cn6ccccc6n5)cc4)n3)c2)cc1. The van der Waals surface area contributed by atoms with Crippen molar-refractivity contribution in [2.45, 2.75) is 0 Å². The minimum absolute atomic E-state index is 0.630. The van der Waals surface area contributed by atoms with Crippen LogP contribution in [0.15, 0.2) is 140 Å². The lowest BCUT2D eigenvalue weighted by molar-refractivity contribution is 1.07. The molecule has 0 aliphatic carbocycles. The molecule has 5 nitrogen and oxygen atoms in total. The molecule has 0 bridgehead atoms. The lowest BCUT2D eigenvalue weighted by atomic mass is 10.0. The highest BCUT2D eigenvalue weighted by Crippen LogP contribution is 2.29. The Morgan fingerprint density at radius 1 is 0.385 bits per heavy atom. The number of fused-ring (bicyclic) bond motifs is 1. The van der Waals surface area contributed by atoms with Gasteiger partial charge in [0.05, 0.1) is 5.69 Å². The molecule has 7 rings (SSSR count). The topological polar surface area (TPSA) is 56.0 Å². The van der Waals surface area contributed by atoms with E-state index in [1.807, 2.05) is 108 Å². The van der Waals surface area contributed by atoms with E-state index in [-0.39, 0.29) is 0 Å². The smallest absolute Gasteiger partial charge is 0.164 e. The summed E-state index contributed by atoms with van der Waals surface area (Å²) < 4.78 is 2.02. The summed E-state index contributed by atoms with van der Waals surface area (Å²) in [5.74, 6) is 1.91. The lowest BCUT2D eigenvalue weighted by Gasteiger charge is -2.10. The van der Waals surface area contributed by atoms with Crippen molar-refractivity contribution in [2.24, 2.45) is 0 Å². The van der Waals surface area contributed by atoms with Gasteiger partial charge in [0.25, 0.3) is 0 Å². The van der Waals surface area contributed by atoms with Crippen molar-refractivity contribution in [3.63, 3.8) is 0 Å². The Labute approximate surface area is 226 Å². The Morgan fingerprint density at radius 3 is 1.62 bits per heavy atom. The van der Waals surface area contributed by atoms with E-state index >= 15 is 0 Å². The summed E-state index contributed by atoms with van der Waals surface area (Å²) in [5, 5.41) is 0. The summed E-state index contributed by atoms with van der Waals surface area (Å²) in [7, 11) is 0. The second kappa shape index (κ2) is 9.80. The predicted molar refractivity (Wildman–Crippen MR) is 156 cm³/mol. The highest BCUT2D eigenvalue weighted by atomic mass is 15.0. The molecular formula is C34H23N5. The summed E-state index contributed by atoms with van der Waals surface area (Å²) in [6, 6.07) is 42.9. The van der Waals surface area contributed by atoms with E-state index in [9.17, 15) is 0 Å². The van der Waals surface area contributed by atoms with Crippen molar-refractivity contribution in [3.8, 4) is 56.5 Å². The number of hydrogen-bond acceptors (Lipinski definition) is 4. The standard InChI is InChI=1S/C34H23N5/c1-3-10-24(11-4-1)28-14-9-15-29(22-28)34-37-32(26-12-5-2-6-13-26)36-33(38-34)27-19-17-25(18-20-27)30-23-39-21-8-7-16-31(39)35-30/h1-23H. The molecule has 0 fully saturated rings. The Bertz CT molecular complexity index is 1860. The van der Waals surface area contributed by atoms with Gasteiger partial charge >= 0.3 is 0 Å². The van der Waals surface area contributed by atoms with Crippen LogP contribution in [0.5, 0.6) is 0 Å². The van der Waals surface area contributed by atoms with Crippen molar-refractivity contribution >= 4 is 5.65 Å². The van der Waals surface area contributed by atoms with Gasteiger partial charge in [-0.2, -0.15) is 0 Å². The molecule has 0 unspecified atom stereocenters. The lowest BCUT2D eigenvalue weighted by Crippen LogP contribution is -2.00. The average molecular weight is 502 g/mol. The van der Waals surface area contributed by atoms with Crippen LogP contribution in [0.2, 0.25) is 0 Å². The Balaban J connectivity index is 1.31. The highest BCUT2D eigenvalue weighted by molar-refractivity contribution is 5.73. The first-order valence-corrected chi connectivity index (χ1v) is 12.8. The number of rotatable bonds is 5. The third-order valence-electron chi connectivity index (χ3n) is 6.70. The normalized spacial score (nSPS) is 11.1. The van der Waals surface area contributed by atoms with Crippen molar-refractivity contribution in [2.75, 3.05) is 0 Å². The van der Waals surface area contributed by atoms with Gasteiger partial charge in [0.15, 0.2) is 17.5 Å². The molecule has 5 heteroatoms. The molecular weight excluding hydrogens is 478 g/mol. The second-order valence-electron chi connectivity index (χ2n) is 9.29.